The normalized spacial score (nSPS) is 10.9. The van der Waals surface area contributed by atoms with Crippen molar-refractivity contribution < 1.29 is 19.1 Å². The maximum Gasteiger partial charge on any atom is 0.272 e. The zero-order valence-corrected chi connectivity index (χ0v) is 21.4. The number of carbonyl (C=O) groups excluding carboxylic acids is 3. The molecule has 2 N–H and O–H groups in total. The van der Waals surface area contributed by atoms with Crippen LogP contribution in [0.3, 0.4) is 0 Å². The number of rotatable bonds is 10. The molecule has 4 rings (SSSR count). The molecule has 1 heterocycles. The van der Waals surface area contributed by atoms with Gasteiger partial charge in [-0.1, -0.05) is 30.3 Å². The summed E-state index contributed by atoms with van der Waals surface area (Å²) in [7, 11) is 1.58. The second-order valence-electron chi connectivity index (χ2n) is 8.09. The fourth-order valence-corrected chi connectivity index (χ4v) is 4.29. The molecule has 2 amide bonds. The summed E-state index contributed by atoms with van der Waals surface area (Å²) >= 11 is 1.37. The number of benzene rings is 3. The number of thioether (sulfide) groups is 1. The Balaban J connectivity index is 1.45. The number of ether oxygens (including phenoxy) is 1. The van der Waals surface area contributed by atoms with Crippen LogP contribution in [0.5, 0.6) is 5.75 Å². The number of ketones is 1. The van der Waals surface area contributed by atoms with Crippen molar-refractivity contribution >= 4 is 41.1 Å². The average Bonchev–Trinajstić information content (AvgIpc) is 2.96. The molecule has 38 heavy (non-hydrogen) atoms. The van der Waals surface area contributed by atoms with E-state index >= 15 is 0 Å². The minimum absolute atomic E-state index is 0.0163. The third kappa shape index (κ3) is 7.41. The van der Waals surface area contributed by atoms with Gasteiger partial charge in [0, 0.05) is 34.1 Å². The van der Waals surface area contributed by atoms with Crippen LogP contribution in [-0.4, -0.2) is 35.4 Å². The van der Waals surface area contributed by atoms with E-state index in [1.165, 1.54) is 11.8 Å². The Morgan fingerprint density at radius 3 is 2.39 bits per heavy atom. The van der Waals surface area contributed by atoms with Crippen molar-refractivity contribution in [3.63, 3.8) is 0 Å². The molecule has 0 aliphatic heterocycles. The maximum absolute atomic E-state index is 13.2. The molecular formula is C30H25N3O4S. The lowest BCUT2D eigenvalue weighted by Crippen LogP contribution is -2.30. The van der Waals surface area contributed by atoms with E-state index in [0.717, 1.165) is 4.90 Å². The van der Waals surface area contributed by atoms with E-state index in [4.69, 9.17) is 4.74 Å². The first-order valence-corrected chi connectivity index (χ1v) is 12.7. The van der Waals surface area contributed by atoms with Crippen LogP contribution in [0.4, 0.5) is 5.69 Å². The summed E-state index contributed by atoms with van der Waals surface area (Å²) in [5, 5.41) is 5.54. The van der Waals surface area contributed by atoms with Crippen LogP contribution in [0.25, 0.3) is 6.08 Å². The Kier molecular flexibility index (Phi) is 9.04. The molecule has 190 valence electrons. The van der Waals surface area contributed by atoms with Crippen molar-refractivity contribution in [2.45, 2.75) is 4.90 Å². The summed E-state index contributed by atoms with van der Waals surface area (Å²) in [6, 6.07) is 26.3. The molecule has 0 saturated heterocycles. The summed E-state index contributed by atoms with van der Waals surface area (Å²) in [5.41, 5.74) is 2.29. The molecule has 0 radical (unpaired) electrons. The van der Waals surface area contributed by atoms with Gasteiger partial charge in [0.25, 0.3) is 11.8 Å². The van der Waals surface area contributed by atoms with Gasteiger partial charge in [-0.15, -0.1) is 11.8 Å². The minimum atomic E-state index is -0.491. The largest absolute Gasteiger partial charge is 0.497 e. The number of anilines is 1. The van der Waals surface area contributed by atoms with Gasteiger partial charge >= 0.3 is 0 Å². The van der Waals surface area contributed by atoms with E-state index in [9.17, 15) is 14.4 Å². The summed E-state index contributed by atoms with van der Waals surface area (Å²) in [5.74, 6) is 0.0158. The van der Waals surface area contributed by atoms with Crippen molar-refractivity contribution in [3.05, 3.63) is 126 Å². The van der Waals surface area contributed by atoms with Gasteiger partial charge in [0.1, 0.15) is 11.4 Å². The maximum atomic E-state index is 13.2. The molecule has 0 fully saturated rings. The molecule has 8 heteroatoms. The Hall–Kier alpha value is -4.69. The van der Waals surface area contributed by atoms with Gasteiger partial charge in [-0.05, 0) is 72.3 Å². The first kappa shape index (κ1) is 26.4. The van der Waals surface area contributed by atoms with E-state index in [2.05, 4.69) is 15.6 Å². The monoisotopic (exact) mass is 523 g/mol. The minimum Gasteiger partial charge on any atom is -0.497 e. The van der Waals surface area contributed by atoms with Gasteiger partial charge < -0.3 is 15.4 Å². The average molecular weight is 524 g/mol. The number of pyridine rings is 1. The Bertz CT molecular complexity index is 1440. The van der Waals surface area contributed by atoms with E-state index in [0.29, 0.717) is 28.1 Å². The lowest BCUT2D eigenvalue weighted by atomic mass is 10.1. The first-order chi connectivity index (χ1) is 18.5. The number of hydrogen-bond acceptors (Lipinski definition) is 6. The van der Waals surface area contributed by atoms with Crippen molar-refractivity contribution in [2.75, 3.05) is 18.2 Å². The highest BCUT2D eigenvalue weighted by molar-refractivity contribution is 8.00. The van der Waals surface area contributed by atoms with Crippen LogP contribution in [0.15, 0.2) is 114 Å². The molecule has 1 aromatic heterocycles. The number of hydrogen-bond donors (Lipinski definition) is 2. The summed E-state index contributed by atoms with van der Waals surface area (Å²) in [6.07, 6.45) is 4.79. The van der Waals surface area contributed by atoms with Crippen molar-refractivity contribution in [3.8, 4) is 5.75 Å². The molecule has 4 aromatic rings. The number of nitrogens with one attached hydrogen (secondary N) is 2. The van der Waals surface area contributed by atoms with Gasteiger partial charge in [-0.25, -0.2) is 0 Å². The summed E-state index contributed by atoms with van der Waals surface area (Å²) in [4.78, 5) is 43.4. The van der Waals surface area contributed by atoms with Gasteiger partial charge in [-0.3, -0.25) is 19.4 Å². The molecular weight excluding hydrogens is 498 g/mol. The molecule has 7 nitrogen and oxygen atoms in total. The Labute approximate surface area is 225 Å². The number of Topliss-reactive ketones (excluding diaryl/α,β-unsaturated/α-hetero) is 1. The predicted molar refractivity (Wildman–Crippen MR) is 149 cm³/mol. The van der Waals surface area contributed by atoms with E-state index in [1.54, 1.807) is 104 Å². The molecule has 0 aliphatic carbocycles. The van der Waals surface area contributed by atoms with Gasteiger partial charge in [0.05, 0.1) is 12.9 Å². The zero-order chi connectivity index (χ0) is 26.7. The van der Waals surface area contributed by atoms with Crippen LogP contribution in [0.1, 0.15) is 26.3 Å². The van der Waals surface area contributed by atoms with Crippen molar-refractivity contribution in [1.29, 1.82) is 0 Å². The topological polar surface area (TPSA) is 97.4 Å². The SMILES string of the molecule is COc1ccc(C(=O)CSc2cccc(NC(=O)/C(=C/c3cccnc3)NC(=O)c3ccccc3)c2)cc1. The second-order valence-corrected chi connectivity index (χ2v) is 9.14. The lowest BCUT2D eigenvalue weighted by molar-refractivity contribution is -0.113. The molecule has 0 saturated carbocycles. The van der Waals surface area contributed by atoms with E-state index in [-0.39, 0.29) is 17.2 Å². The summed E-state index contributed by atoms with van der Waals surface area (Å²) < 4.78 is 5.14. The van der Waals surface area contributed by atoms with E-state index < -0.39 is 11.8 Å². The highest BCUT2D eigenvalue weighted by Crippen LogP contribution is 2.23. The highest BCUT2D eigenvalue weighted by atomic mass is 32.2. The number of carbonyl (C=O) groups is 3. The smallest absolute Gasteiger partial charge is 0.272 e. The number of amides is 2. The fourth-order valence-electron chi connectivity index (χ4n) is 3.44. The van der Waals surface area contributed by atoms with Crippen LogP contribution < -0.4 is 15.4 Å². The van der Waals surface area contributed by atoms with Gasteiger partial charge in [0.15, 0.2) is 5.78 Å². The third-order valence-corrected chi connectivity index (χ3v) is 6.39. The Morgan fingerprint density at radius 1 is 0.895 bits per heavy atom. The lowest BCUT2D eigenvalue weighted by Gasteiger charge is -2.12. The zero-order valence-electron chi connectivity index (χ0n) is 20.6. The molecule has 3 aromatic carbocycles. The fraction of sp³-hybridized carbons (Fsp3) is 0.0667. The standard InChI is InChI=1S/C30H25N3O4S/c1-37-25-14-12-22(13-15-25)28(34)20-38-26-11-5-10-24(18-26)32-30(36)27(17-21-7-6-16-31-19-21)33-29(35)23-8-3-2-4-9-23/h2-19H,20H2,1H3,(H,32,36)(H,33,35)/b27-17-. The van der Waals surface area contributed by atoms with Gasteiger partial charge in [-0.2, -0.15) is 0 Å². The van der Waals surface area contributed by atoms with Crippen molar-refractivity contribution in [1.82, 2.24) is 10.3 Å². The predicted octanol–water partition coefficient (Wildman–Crippen LogP) is 5.47. The summed E-state index contributed by atoms with van der Waals surface area (Å²) in [6.45, 7) is 0. The molecule has 0 atom stereocenters. The van der Waals surface area contributed by atoms with Gasteiger partial charge in [0.2, 0.25) is 0 Å². The third-order valence-electron chi connectivity index (χ3n) is 5.40. The molecule has 0 unspecified atom stereocenters. The van der Waals surface area contributed by atoms with Crippen LogP contribution in [0, 0.1) is 0 Å². The van der Waals surface area contributed by atoms with E-state index in [1.807, 2.05) is 12.1 Å². The van der Waals surface area contributed by atoms with Crippen LogP contribution in [0.2, 0.25) is 0 Å². The Morgan fingerprint density at radius 2 is 1.68 bits per heavy atom. The number of nitrogens with zero attached hydrogens (tertiary/aromatic N) is 1. The molecule has 0 aliphatic rings. The first-order valence-electron chi connectivity index (χ1n) is 11.7. The molecule has 0 bridgehead atoms. The van der Waals surface area contributed by atoms with Crippen LogP contribution >= 0.6 is 11.8 Å². The quantitative estimate of drug-likeness (QED) is 0.162. The number of aromatic nitrogens is 1. The van der Waals surface area contributed by atoms with Crippen LogP contribution in [-0.2, 0) is 4.79 Å². The highest BCUT2D eigenvalue weighted by Gasteiger charge is 2.15. The number of methoxy groups -OCH3 is 1. The molecule has 0 spiro atoms. The van der Waals surface area contributed by atoms with Crippen molar-refractivity contribution in [2.24, 2.45) is 0 Å². The second kappa shape index (κ2) is 13.0.